The van der Waals surface area contributed by atoms with Crippen molar-refractivity contribution in [3.63, 3.8) is 0 Å². The first-order valence-corrected chi connectivity index (χ1v) is 9.37. The van der Waals surface area contributed by atoms with Crippen LogP contribution in [0.1, 0.15) is 12.0 Å². The van der Waals surface area contributed by atoms with E-state index < -0.39 is 17.3 Å². The van der Waals surface area contributed by atoms with Crippen molar-refractivity contribution in [2.45, 2.75) is 6.42 Å². The number of ether oxygens (including phenoxy) is 2. The summed E-state index contributed by atoms with van der Waals surface area (Å²) in [6.07, 6.45) is 3.22. The van der Waals surface area contributed by atoms with Crippen molar-refractivity contribution in [2.75, 3.05) is 20.3 Å². The monoisotopic (exact) mass is 422 g/mol. The van der Waals surface area contributed by atoms with Crippen molar-refractivity contribution < 1.29 is 18.7 Å². The van der Waals surface area contributed by atoms with Crippen LogP contribution in [-0.2, 0) is 9.53 Å². The fourth-order valence-electron chi connectivity index (χ4n) is 2.70. The average molecular weight is 422 g/mol. The number of nitrogens with one attached hydrogen (secondary N) is 1. The average Bonchev–Trinajstić information content (AvgIpc) is 2.78. The van der Waals surface area contributed by atoms with Gasteiger partial charge in [-0.1, -0.05) is 6.07 Å². The fraction of sp³-hybridized carbons (Fsp3) is 0.182. The van der Waals surface area contributed by atoms with Gasteiger partial charge in [0.2, 0.25) is 5.88 Å². The maximum Gasteiger partial charge on any atom is 0.269 e. The number of halogens is 1. The molecule has 0 aliphatic rings. The number of aromatic nitrogens is 2. The molecule has 8 nitrogen and oxygen atoms in total. The highest BCUT2D eigenvalue weighted by atomic mass is 19.1. The molecule has 0 aliphatic heterocycles. The van der Waals surface area contributed by atoms with Gasteiger partial charge in [-0.25, -0.2) is 4.39 Å². The van der Waals surface area contributed by atoms with Crippen molar-refractivity contribution >= 4 is 17.6 Å². The van der Waals surface area contributed by atoms with Gasteiger partial charge < -0.3 is 14.8 Å². The van der Waals surface area contributed by atoms with Gasteiger partial charge in [-0.2, -0.15) is 10.2 Å². The molecule has 1 amide bonds. The molecule has 0 unspecified atom stereocenters. The summed E-state index contributed by atoms with van der Waals surface area (Å²) in [6.45, 7) is 0.761. The molecule has 2 heterocycles. The number of carbonyl (C=O) groups excluding carboxylic acids is 1. The Hall–Kier alpha value is -4.03. The van der Waals surface area contributed by atoms with Gasteiger partial charge in [0.25, 0.3) is 11.5 Å². The van der Waals surface area contributed by atoms with Gasteiger partial charge in [-0.3, -0.25) is 14.0 Å². The van der Waals surface area contributed by atoms with E-state index in [1.807, 2.05) is 0 Å². The van der Waals surface area contributed by atoms with Gasteiger partial charge in [0.15, 0.2) is 0 Å². The zero-order chi connectivity index (χ0) is 22.2. The van der Waals surface area contributed by atoms with Crippen LogP contribution in [0.4, 0.5) is 4.39 Å². The number of amides is 1. The molecule has 0 atom stereocenters. The molecule has 1 aromatic carbocycles. The predicted molar refractivity (Wildman–Crippen MR) is 111 cm³/mol. The molecule has 0 saturated carbocycles. The van der Waals surface area contributed by atoms with Gasteiger partial charge >= 0.3 is 0 Å². The number of methoxy groups -OCH3 is 1. The summed E-state index contributed by atoms with van der Waals surface area (Å²) in [5.74, 6) is -0.951. The smallest absolute Gasteiger partial charge is 0.269 e. The van der Waals surface area contributed by atoms with E-state index in [9.17, 15) is 19.2 Å². The zero-order valence-corrected chi connectivity index (χ0v) is 16.7. The Morgan fingerprint density at radius 3 is 2.77 bits per heavy atom. The van der Waals surface area contributed by atoms with Crippen molar-refractivity contribution in [3.8, 4) is 17.7 Å². The molecular formula is C22H19FN4O4. The van der Waals surface area contributed by atoms with Crippen LogP contribution >= 0.6 is 0 Å². The molecule has 9 heteroatoms. The lowest BCUT2D eigenvalue weighted by molar-refractivity contribution is -0.117. The number of nitrogens with zero attached hydrogens (tertiary/aromatic N) is 3. The van der Waals surface area contributed by atoms with E-state index in [2.05, 4.69) is 10.3 Å². The molecule has 0 bridgehead atoms. The van der Waals surface area contributed by atoms with E-state index in [-0.39, 0.29) is 22.8 Å². The van der Waals surface area contributed by atoms with Crippen LogP contribution in [0.5, 0.6) is 11.6 Å². The van der Waals surface area contributed by atoms with E-state index >= 15 is 0 Å². The van der Waals surface area contributed by atoms with Crippen LogP contribution in [0.2, 0.25) is 0 Å². The lowest BCUT2D eigenvalue weighted by atomic mass is 10.1. The van der Waals surface area contributed by atoms with Crippen LogP contribution in [0.15, 0.2) is 59.0 Å². The number of hydrogen-bond acceptors (Lipinski definition) is 6. The minimum atomic E-state index is -0.635. The quantitative estimate of drug-likeness (QED) is 0.340. The molecule has 0 saturated heterocycles. The molecule has 158 valence electrons. The molecule has 0 spiro atoms. The van der Waals surface area contributed by atoms with Gasteiger partial charge in [-0.05, 0) is 48.9 Å². The number of nitriles is 1. The Kier molecular flexibility index (Phi) is 7.09. The van der Waals surface area contributed by atoms with Gasteiger partial charge in [-0.15, -0.1) is 0 Å². The largest absolute Gasteiger partial charge is 0.438 e. The third-order valence-corrected chi connectivity index (χ3v) is 4.23. The summed E-state index contributed by atoms with van der Waals surface area (Å²) in [6, 6.07) is 11.9. The maximum absolute atomic E-state index is 13.2. The summed E-state index contributed by atoms with van der Waals surface area (Å²) >= 11 is 0. The lowest BCUT2D eigenvalue weighted by Gasteiger charge is -2.10. The third kappa shape index (κ3) is 5.32. The van der Waals surface area contributed by atoms with E-state index in [4.69, 9.17) is 9.47 Å². The number of hydrogen-bond donors (Lipinski definition) is 1. The summed E-state index contributed by atoms with van der Waals surface area (Å²) < 4.78 is 25.1. The second kappa shape index (κ2) is 10.1. The Bertz CT molecular complexity index is 1210. The highest BCUT2D eigenvalue weighted by Gasteiger charge is 2.17. The van der Waals surface area contributed by atoms with E-state index in [1.165, 1.54) is 34.9 Å². The Labute approximate surface area is 177 Å². The van der Waals surface area contributed by atoms with E-state index in [1.54, 1.807) is 31.4 Å². The Balaban J connectivity index is 2.04. The number of fused-ring (bicyclic) bond motifs is 1. The molecule has 0 aliphatic carbocycles. The van der Waals surface area contributed by atoms with Crippen LogP contribution in [-0.4, -0.2) is 35.6 Å². The molecular weight excluding hydrogens is 403 g/mol. The molecule has 2 aromatic heterocycles. The highest BCUT2D eigenvalue weighted by molar-refractivity contribution is 6.01. The van der Waals surface area contributed by atoms with Gasteiger partial charge in [0, 0.05) is 26.5 Å². The summed E-state index contributed by atoms with van der Waals surface area (Å²) in [4.78, 5) is 29.7. The lowest BCUT2D eigenvalue weighted by Crippen LogP contribution is -2.27. The molecule has 0 radical (unpaired) electrons. The number of benzene rings is 1. The second-order valence-electron chi connectivity index (χ2n) is 6.39. The molecule has 3 rings (SSSR count). The second-order valence-corrected chi connectivity index (χ2v) is 6.39. The minimum Gasteiger partial charge on any atom is -0.438 e. The van der Waals surface area contributed by atoms with Gasteiger partial charge in [0.05, 0.1) is 0 Å². The molecule has 31 heavy (non-hydrogen) atoms. The zero-order valence-electron chi connectivity index (χ0n) is 16.7. The normalized spacial score (nSPS) is 11.2. The number of rotatable bonds is 8. The third-order valence-electron chi connectivity index (χ3n) is 4.23. The topological polar surface area (TPSA) is 106 Å². The Morgan fingerprint density at radius 1 is 1.29 bits per heavy atom. The summed E-state index contributed by atoms with van der Waals surface area (Å²) in [7, 11) is 1.55. The Morgan fingerprint density at radius 2 is 2.06 bits per heavy atom. The number of pyridine rings is 1. The van der Waals surface area contributed by atoms with Crippen LogP contribution in [0, 0.1) is 17.1 Å². The number of carbonyl (C=O) groups is 1. The first-order valence-electron chi connectivity index (χ1n) is 9.37. The van der Waals surface area contributed by atoms with Crippen molar-refractivity contribution in [2.24, 2.45) is 0 Å². The first kappa shape index (κ1) is 21.7. The van der Waals surface area contributed by atoms with Crippen molar-refractivity contribution in [1.82, 2.24) is 14.7 Å². The van der Waals surface area contributed by atoms with Crippen LogP contribution in [0.3, 0.4) is 0 Å². The van der Waals surface area contributed by atoms with Crippen LogP contribution in [0.25, 0.3) is 11.7 Å². The maximum atomic E-state index is 13.2. The van der Waals surface area contributed by atoms with Gasteiger partial charge in [0.1, 0.15) is 34.4 Å². The fourth-order valence-corrected chi connectivity index (χ4v) is 2.70. The molecule has 0 fully saturated rings. The minimum absolute atomic E-state index is 0.0865. The molecule has 3 aromatic rings. The first-order chi connectivity index (χ1) is 15.0. The SMILES string of the molecule is COCCCNC(=O)C(C#N)=Cc1c(Oc2ccc(F)cc2)nc2ccccn2c1=O. The highest BCUT2D eigenvalue weighted by Crippen LogP contribution is 2.24. The van der Waals surface area contributed by atoms with Crippen molar-refractivity contribution in [1.29, 1.82) is 5.26 Å². The molecule has 1 N–H and O–H groups in total. The van der Waals surface area contributed by atoms with E-state index in [0.717, 1.165) is 6.08 Å². The van der Waals surface area contributed by atoms with Crippen molar-refractivity contribution in [3.05, 3.63) is 76.0 Å². The standard InChI is InChI=1S/C22H19FN4O4/c1-30-12-4-10-25-20(28)15(14-24)13-18-21(31-17-8-6-16(23)7-9-17)26-19-5-2-3-11-27(19)22(18)29/h2-3,5-9,11,13H,4,10,12H2,1H3,(H,25,28). The summed E-state index contributed by atoms with van der Waals surface area (Å²) in [5.41, 5.74) is -0.584. The predicted octanol–water partition coefficient (Wildman–Crippen LogP) is 2.69. The summed E-state index contributed by atoms with van der Waals surface area (Å²) in [5, 5.41) is 12.1. The van der Waals surface area contributed by atoms with E-state index in [0.29, 0.717) is 25.2 Å². The van der Waals surface area contributed by atoms with Crippen LogP contribution < -0.4 is 15.6 Å².